The molecule has 0 saturated heterocycles. The van der Waals surface area contributed by atoms with Gasteiger partial charge in [-0.05, 0) is 32.1 Å². The summed E-state index contributed by atoms with van der Waals surface area (Å²) in [4.78, 5) is 4.11. The molecule has 0 bridgehead atoms. The molecule has 64 valence electrons. The molecular weight excluding hydrogens is 150 g/mol. The number of ether oxygens (including phenoxy) is 1. The fraction of sp³-hybridized carbons (Fsp3) is 0.300. The van der Waals surface area contributed by atoms with Crippen LogP contribution in [0.2, 0.25) is 0 Å². The van der Waals surface area contributed by atoms with Gasteiger partial charge in [0, 0.05) is 6.20 Å². The maximum absolute atomic E-state index is 5.50. The Morgan fingerprint density at radius 3 is 2.92 bits per heavy atom. The minimum absolute atomic E-state index is 0.174. The van der Waals surface area contributed by atoms with Gasteiger partial charge in [0.25, 0.3) is 0 Å². The van der Waals surface area contributed by atoms with Gasteiger partial charge in [0.15, 0.2) is 0 Å². The monoisotopic (exact) mass is 163 g/mol. The molecule has 0 atom stereocenters. The van der Waals surface area contributed by atoms with Crippen LogP contribution in [0.1, 0.15) is 19.5 Å². The van der Waals surface area contributed by atoms with Crippen LogP contribution in [0.3, 0.4) is 0 Å². The van der Waals surface area contributed by atoms with Gasteiger partial charge in [-0.25, -0.2) is 0 Å². The van der Waals surface area contributed by atoms with Gasteiger partial charge in [-0.2, -0.15) is 0 Å². The molecule has 0 aliphatic carbocycles. The van der Waals surface area contributed by atoms with Gasteiger partial charge in [0.2, 0.25) is 0 Å². The van der Waals surface area contributed by atoms with Crippen LogP contribution in [0, 0.1) is 0 Å². The third kappa shape index (κ3) is 2.09. The van der Waals surface area contributed by atoms with E-state index in [1.54, 1.807) is 12.3 Å². The van der Waals surface area contributed by atoms with Gasteiger partial charge in [-0.15, -0.1) is 0 Å². The molecule has 0 aliphatic heterocycles. The largest absolute Gasteiger partial charge is 0.489 e. The average Bonchev–Trinajstić information content (AvgIpc) is 2.04. The summed E-state index contributed by atoms with van der Waals surface area (Å²) in [5.74, 6) is 0.794. The summed E-state index contributed by atoms with van der Waals surface area (Å²) in [5, 5.41) is 0. The van der Waals surface area contributed by atoms with Crippen LogP contribution in [0.4, 0.5) is 0 Å². The first-order chi connectivity index (χ1) is 5.74. The third-order valence-electron chi connectivity index (χ3n) is 1.36. The predicted octanol–water partition coefficient (Wildman–Crippen LogP) is 2.51. The Labute approximate surface area is 72.9 Å². The van der Waals surface area contributed by atoms with Gasteiger partial charge in [0.1, 0.15) is 11.4 Å². The van der Waals surface area contributed by atoms with E-state index in [4.69, 9.17) is 4.74 Å². The molecule has 0 saturated carbocycles. The zero-order valence-electron chi connectivity index (χ0n) is 7.45. The predicted molar refractivity (Wildman–Crippen MR) is 50.1 cm³/mol. The summed E-state index contributed by atoms with van der Waals surface area (Å²) >= 11 is 0. The van der Waals surface area contributed by atoms with Crippen LogP contribution in [0.25, 0.3) is 6.08 Å². The molecule has 0 N–H and O–H groups in total. The van der Waals surface area contributed by atoms with Crippen LogP contribution in [0.5, 0.6) is 5.75 Å². The average molecular weight is 163 g/mol. The third-order valence-corrected chi connectivity index (χ3v) is 1.36. The first kappa shape index (κ1) is 8.78. The Morgan fingerprint density at radius 2 is 2.33 bits per heavy atom. The summed E-state index contributed by atoms with van der Waals surface area (Å²) in [5.41, 5.74) is 0.797. The Morgan fingerprint density at radius 1 is 1.58 bits per heavy atom. The van der Waals surface area contributed by atoms with Crippen LogP contribution in [0.15, 0.2) is 24.9 Å². The summed E-state index contributed by atoms with van der Waals surface area (Å²) < 4.78 is 5.50. The van der Waals surface area contributed by atoms with Crippen molar-refractivity contribution < 1.29 is 4.74 Å². The number of rotatable bonds is 3. The zero-order valence-corrected chi connectivity index (χ0v) is 7.45. The molecule has 2 heteroatoms. The highest BCUT2D eigenvalue weighted by Gasteiger charge is 2.01. The van der Waals surface area contributed by atoms with Crippen LogP contribution >= 0.6 is 0 Å². The van der Waals surface area contributed by atoms with Crippen molar-refractivity contribution in [3.63, 3.8) is 0 Å². The van der Waals surface area contributed by atoms with E-state index in [1.807, 2.05) is 26.0 Å². The Bertz CT molecular complexity index is 268. The number of nitrogens with zero attached hydrogens (tertiary/aromatic N) is 1. The highest BCUT2D eigenvalue weighted by molar-refractivity contribution is 5.50. The van der Waals surface area contributed by atoms with Gasteiger partial charge in [0.05, 0.1) is 6.10 Å². The van der Waals surface area contributed by atoms with E-state index in [-0.39, 0.29) is 6.10 Å². The van der Waals surface area contributed by atoms with Gasteiger partial charge in [-0.1, -0.05) is 6.58 Å². The molecule has 1 aromatic heterocycles. The summed E-state index contributed by atoms with van der Waals surface area (Å²) in [7, 11) is 0. The lowest BCUT2D eigenvalue weighted by Crippen LogP contribution is -2.06. The molecule has 1 aromatic rings. The van der Waals surface area contributed by atoms with E-state index in [0.717, 1.165) is 11.4 Å². The fourth-order valence-electron chi connectivity index (χ4n) is 0.910. The Kier molecular flexibility index (Phi) is 2.86. The highest BCUT2D eigenvalue weighted by Crippen LogP contribution is 2.17. The van der Waals surface area contributed by atoms with E-state index in [1.165, 1.54) is 0 Å². The van der Waals surface area contributed by atoms with Crippen molar-refractivity contribution in [3.8, 4) is 5.75 Å². The molecule has 0 aromatic carbocycles. The Hall–Kier alpha value is -1.31. The molecule has 1 heterocycles. The smallest absolute Gasteiger partial charge is 0.145 e. The SMILES string of the molecule is C=Cc1ncccc1OC(C)C. The molecule has 2 nitrogen and oxygen atoms in total. The Balaban J connectivity index is 2.89. The maximum atomic E-state index is 5.50. The molecule has 0 fully saturated rings. The van der Waals surface area contributed by atoms with Crippen LogP contribution in [-0.2, 0) is 0 Å². The minimum atomic E-state index is 0.174. The second-order valence-electron chi connectivity index (χ2n) is 2.76. The first-order valence-corrected chi connectivity index (χ1v) is 3.98. The van der Waals surface area contributed by atoms with Crippen molar-refractivity contribution in [2.75, 3.05) is 0 Å². The van der Waals surface area contributed by atoms with E-state index in [0.29, 0.717) is 0 Å². The lowest BCUT2D eigenvalue weighted by atomic mass is 10.3. The standard InChI is InChI=1S/C10H13NO/c1-4-9-10(12-8(2)3)6-5-7-11-9/h4-8H,1H2,2-3H3. The molecule has 0 spiro atoms. The van der Waals surface area contributed by atoms with E-state index >= 15 is 0 Å². The first-order valence-electron chi connectivity index (χ1n) is 3.98. The van der Waals surface area contributed by atoms with Gasteiger partial charge < -0.3 is 4.74 Å². The topological polar surface area (TPSA) is 22.1 Å². The van der Waals surface area contributed by atoms with Gasteiger partial charge in [-0.3, -0.25) is 4.98 Å². The van der Waals surface area contributed by atoms with Crippen molar-refractivity contribution in [1.82, 2.24) is 4.98 Å². The van der Waals surface area contributed by atoms with Crippen molar-refractivity contribution in [1.29, 1.82) is 0 Å². The number of hydrogen-bond donors (Lipinski definition) is 0. The maximum Gasteiger partial charge on any atom is 0.145 e. The molecule has 12 heavy (non-hydrogen) atoms. The van der Waals surface area contributed by atoms with E-state index in [2.05, 4.69) is 11.6 Å². The van der Waals surface area contributed by atoms with Crippen molar-refractivity contribution in [2.45, 2.75) is 20.0 Å². The number of aromatic nitrogens is 1. The second kappa shape index (κ2) is 3.90. The van der Waals surface area contributed by atoms with Crippen molar-refractivity contribution in [3.05, 3.63) is 30.6 Å². The normalized spacial score (nSPS) is 9.92. The summed E-state index contributed by atoms with van der Waals surface area (Å²) in [6, 6.07) is 3.74. The highest BCUT2D eigenvalue weighted by atomic mass is 16.5. The van der Waals surface area contributed by atoms with E-state index in [9.17, 15) is 0 Å². The van der Waals surface area contributed by atoms with Crippen LogP contribution in [-0.4, -0.2) is 11.1 Å². The molecule has 0 radical (unpaired) electrons. The van der Waals surface area contributed by atoms with Crippen molar-refractivity contribution in [2.24, 2.45) is 0 Å². The summed E-state index contributed by atoms with van der Waals surface area (Å²) in [6.45, 7) is 7.63. The minimum Gasteiger partial charge on any atom is -0.489 e. The lowest BCUT2D eigenvalue weighted by molar-refractivity contribution is 0.241. The van der Waals surface area contributed by atoms with E-state index < -0.39 is 0 Å². The molecule has 0 unspecified atom stereocenters. The quantitative estimate of drug-likeness (QED) is 0.683. The second-order valence-corrected chi connectivity index (χ2v) is 2.76. The van der Waals surface area contributed by atoms with Crippen molar-refractivity contribution >= 4 is 6.08 Å². The fourth-order valence-corrected chi connectivity index (χ4v) is 0.910. The van der Waals surface area contributed by atoms with Crippen LogP contribution < -0.4 is 4.74 Å². The number of pyridine rings is 1. The molecule has 0 amide bonds. The molecule has 0 aliphatic rings. The number of hydrogen-bond acceptors (Lipinski definition) is 2. The lowest BCUT2D eigenvalue weighted by Gasteiger charge is -2.10. The molecule has 1 rings (SSSR count). The van der Waals surface area contributed by atoms with Gasteiger partial charge >= 0.3 is 0 Å². The summed E-state index contributed by atoms with van der Waals surface area (Å²) in [6.07, 6.45) is 3.59. The zero-order chi connectivity index (χ0) is 8.97. The molecular formula is C10H13NO.